The topological polar surface area (TPSA) is 55.1 Å². The highest BCUT2D eigenvalue weighted by molar-refractivity contribution is 6.30. The van der Waals surface area contributed by atoms with Crippen LogP contribution in [0.15, 0.2) is 18.2 Å². The Morgan fingerprint density at radius 1 is 1.62 bits per heavy atom. The zero-order valence-electron chi connectivity index (χ0n) is 8.97. The first-order valence-electron chi connectivity index (χ1n) is 4.99. The first-order valence-corrected chi connectivity index (χ1v) is 5.36. The fourth-order valence-corrected chi connectivity index (χ4v) is 1.52. The quantitative estimate of drug-likeness (QED) is 0.846. The van der Waals surface area contributed by atoms with Gasteiger partial charge in [0.1, 0.15) is 5.82 Å². The van der Waals surface area contributed by atoms with Gasteiger partial charge in [0.15, 0.2) is 0 Å². The van der Waals surface area contributed by atoms with E-state index in [2.05, 4.69) is 5.32 Å². The maximum absolute atomic E-state index is 13.4. The van der Waals surface area contributed by atoms with Crippen LogP contribution in [0.5, 0.6) is 0 Å². The zero-order chi connectivity index (χ0) is 12.1. The predicted molar refractivity (Wildman–Crippen MR) is 61.9 cm³/mol. The van der Waals surface area contributed by atoms with Gasteiger partial charge >= 0.3 is 0 Å². The number of benzene rings is 1. The summed E-state index contributed by atoms with van der Waals surface area (Å²) < 4.78 is 13.4. The third-order valence-electron chi connectivity index (χ3n) is 2.26. The summed E-state index contributed by atoms with van der Waals surface area (Å²) in [7, 11) is 0. The number of carbonyl (C=O) groups is 1. The van der Waals surface area contributed by atoms with Gasteiger partial charge in [-0.2, -0.15) is 0 Å². The van der Waals surface area contributed by atoms with Crippen molar-refractivity contribution in [3.05, 3.63) is 34.6 Å². The Kier molecular flexibility index (Phi) is 4.71. The molecule has 5 heteroatoms. The number of nitrogens with two attached hydrogens (primary N) is 1. The van der Waals surface area contributed by atoms with E-state index in [-0.39, 0.29) is 5.91 Å². The highest BCUT2D eigenvalue weighted by Gasteiger charge is 2.18. The first kappa shape index (κ1) is 12.9. The zero-order valence-corrected chi connectivity index (χ0v) is 9.72. The van der Waals surface area contributed by atoms with E-state index in [1.54, 1.807) is 6.92 Å². The van der Waals surface area contributed by atoms with E-state index < -0.39 is 11.7 Å². The van der Waals surface area contributed by atoms with E-state index in [0.29, 0.717) is 23.7 Å². The molecule has 0 aliphatic carbocycles. The summed E-state index contributed by atoms with van der Waals surface area (Å²) >= 11 is 5.75. The molecule has 0 fully saturated rings. The van der Waals surface area contributed by atoms with Gasteiger partial charge in [-0.05, 0) is 25.1 Å². The van der Waals surface area contributed by atoms with Crippen molar-refractivity contribution in [3.8, 4) is 0 Å². The molecule has 16 heavy (non-hydrogen) atoms. The minimum absolute atomic E-state index is 0.258. The molecule has 0 spiro atoms. The molecule has 1 unspecified atom stereocenters. The maximum Gasteiger partial charge on any atom is 0.227 e. The van der Waals surface area contributed by atoms with Gasteiger partial charge in [0.2, 0.25) is 5.91 Å². The van der Waals surface area contributed by atoms with Crippen molar-refractivity contribution in [1.29, 1.82) is 0 Å². The maximum atomic E-state index is 13.4. The number of rotatable bonds is 4. The number of carbonyl (C=O) groups excluding carboxylic acids is 1. The van der Waals surface area contributed by atoms with Crippen molar-refractivity contribution in [2.24, 2.45) is 5.73 Å². The summed E-state index contributed by atoms with van der Waals surface area (Å²) in [6.45, 7) is 2.36. The number of nitrogens with one attached hydrogen (secondary N) is 1. The fourth-order valence-electron chi connectivity index (χ4n) is 1.34. The van der Waals surface area contributed by atoms with E-state index in [9.17, 15) is 9.18 Å². The third kappa shape index (κ3) is 3.18. The van der Waals surface area contributed by atoms with E-state index in [1.165, 1.54) is 18.2 Å². The number of hydrogen-bond acceptors (Lipinski definition) is 2. The van der Waals surface area contributed by atoms with Crippen LogP contribution in [0.2, 0.25) is 5.02 Å². The number of amides is 1. The van der Waals surface area contributed by atoms with E-state index in [1.807, 2.05) is 0 Å². The summed E-state index contributed by atoms with van der Waals surface area (Å²) in [5.41, 5.74) is 5.55. The van der Waals surface area contributed by atoms with Crippen molar-refractivity contribution in [2.45, 2.75) is 12.8 Å². The molecule has 0 bridgehead atoms. The van der Waals surface area contributed by atoms with Crippen molar-refractivity contribution < 1.29 is 9.18 Å². The molecular formula is C11H14ClFN2O. The number of halogens is 2. The standard InChI is InChI=1S/C11H14ClFN2O/c1-7(11(16)15-5-4-14)9-6-8(12)2-3-10(9)13/h2-3,6-7H,4-5,14H2,1H3,(H,15,16). The van der Waals surface area contributed by atoms with Crippen LogP contribution in [-0.2, 0) is 4.79 Å². The highest BCUT2D eigenvalue weighted by Crippen LogP contribution is 2.22. The lowest BCUT2D eigenvalue weighted by molar-refractivity contribution is -0.122. The SMILES string of the molecule is CC(C(=O)NCCN)c1cc(Cl)ccc1F. The normalized spacial score (nSPS) is 12.2. The number of hydrogen-bond donors (Lipinski definition) is 2. The molecule has 1 rings (SSSR count). The molecule has 0 aliphatic rings. The van der Waals surface area contributed by atoms with Gasteiger partial charge < -0.3 is 11.1 Å². The molecule has 1 atom stereocenters. The van der Waals surface area contributed by atoms with Crippen LogP contribution in [0, 0.1) is 5.82 Å². The molecule has 0 aromatic heterocycles. The minimum Gasteiger partial charge on any atom is -0.354 e. The Morgan fingerprint density at radius 2 is 2.31 bits per heavy atom. The molecule has 0 heterocycles. The van der Waals surface area contributed by atoms with Gasteiger partial charge in [0.05, 0.1) is 5.92 Å². The van der Waals surface area contributed by atoms with E-state index in [0.717, 1.165) is 0 Å². The van der Waals surface area contributed by atoms with Gasteiger partial charge in [-0.25, -0.2) is 4.39 Å². The Balaban J connectivity index is 2.82. The molecule has 88 valence electrons. The Hall–Kier alpha value is -1.13. The molecule has 0 aliphatic heterocycles. The van der Waals surface area contributed by atoms with Crippen molar-refractivity contribution >= 4 is 17.5 Å². The lowest BCUT2D eigenvalue weighted by Crippen LogP contribution is -2.32. The second-order valence-corrected chi connectivity index (χ2v) is 3.90. The van der Waals surface area contributed by atoms with Crippen LogP contribution >= 0.6 is 11.6 Å². The van der Waals surface area contributed by atoms with Crippen LogP contribution < -0.4 is 11.1 Å². The van der Waals surface area contributed by atoms with Crippen LogP contribution in [0.3, 0.4) is 0 Å². The predicted octanol–water partition coefficient (Wildman–Crippen LogP) is 1.66. The van der Waals surface area contributed by atoms with Crippen molar-refractivity contribution in [2.75, 3.05) is 13.1 Å². The van der Waals surface area contributed by atoms with Crippen molar-refractivity contribution in [3.63, 3.8) is 0 Å². The van der Waals surface area contributed by atoms with Crippen LogP contribution in [0.25, 0.3) is 0 Å². The van der Waals surface area contributed by atoms with Crippen molar-refractivity contribution in [1.82, 2.24) is 5.32 Å². The molecule has 0 saturated heterocycles. The second kappa shape index (κ2) is 5.82. The van der Waals surface area contributed by atoms with Gasteiger partial charge in [-0.1, -0.05) is 11.6 Å². The first-order chi connectivity index (χ1) is 7.56. The molecule has 1 aromatic rings. The van der Waals surface area contributed by atoms with Crippen LogP contribution in [0.4, 0.5) is 4.39 Å². The second-order valence-electron chi connectivity index (χ2n) is 3.47. The lowest BCUT2D eigenvalue weighted by atomic mass is 10.00. The van der Waals surface area contributed by atoms with Crippen LogP contribution in [0.1, 0.15) is 18.4 Å². The Labute approximate surface area is 98.8 Å². The van der Waals surface area contributed by atoms with Crippen LogP contribution in [-0.4, -0.2) is 19.0 Å². The van der Waals surface area contributed by atoms with E-state index >= 15 is 0 Å². The molecular weight excluding hydrogens is 231 g/mol. The summed E-state index contributed by atoms with van der Waals surface area (Å²) in [6.07, 6.45) is 0. The molecule has 1 amide bonds. The summed E-state index contributed by atoms with van der Waals surface area (Å²) in [5, 5.41) is 3.02. The minimum atomic E-state index is -0.578. The largest absolute Gasteiger partial charge is 0.354 e. The summed E-state index contributed by atoms with van der Waals surface area (Å²) in [6, 6.07) is 4.17. The smallest absolute Gasteiger partial charge is 0.227 e. The monoisotopic (exact) mass is 244 g/mol. The molecule has 1 aromatic carbocycles. The Bertz CT molecular complexity index is 384. The average Bonchev–Trinajstić information content (AvgIpc) is 2.28. The summed E-state index contributed by atoms with van der Waals surface area (Å²) in [4.78, 5) is 11.6. The lowest BCUT2D eigenvalue weighted by Gasteiger charge is -2.13. The van der Waals surface area contributed by atoms with Gasteiger partial charge in [-0.3, -0.25) is 4.79 Å². The average molecular weight is 245 g/mol. The molecule has 0 radical (unpaired) electrons. The molecule has 3 N–H and O–H groups in total. The Morgan fingerprint density at radius 3 is 2.94 bits per heavy atom. The highest BCUT2D eigenvalue weighted by atomic mass is 35.5. The van der Waals surface area contributed by atoms with E-state index in [4.69, 9.17) is 17.3 Å². The fraction of sp³-hybridized carbons (Fsp3) is 0.364. The van der Waals surface area contributed by atoms with Gasteiger partial charge in [0.25, 0.3) is 0 Å². The molecule has 3 nitrogen and oxygen atoms in total. The van der Waals surface area contributed by atoms with Gasteiger partial charge in [0, 0.05) is 23.7 Å². The molecule has 0 saturated carbocycles. The summed E-state index contributed by atoms with van der Waals surface area (Å²) in [5.74, 6) is -1.27. The third-order valence-corrected chi connectivity index (χ3v) is 2.50. The van der Waals surface area contributed by atoms with Gasteiger partial charge in [-0.15, -0.1) is 0 Å².